The number of aromatic nitrogens is 1. The number of nitrogens with zero attached hydrogens (tertiary/aromatic N) is 3. The number of nitrogens with two attached hydrogens (primary N) is 1. The third-order valence-electron chi connectivity index (χ3n) is 5.79. The van der Waals surface area contributed by atoms with Crippen molar-refractivity contribution in [1.82, 2.24) is 9.88 Å². The van der Waals surface area contributed by atoms with Crippen LogP contribution in [0, 0.1) is 0 Å². The zero-order valence-corrected chi connectivity index (χ0v) is 15.3. The van der Waals surface area contributed by atoms with Gasteiger partial charge >= 0.3 is 0 Å². The molecule has 2 aliphatic heterocycles. The molecule has 1 fully saturated rings. The minimum absolute atomic E-state index is 0.0801. The highest BCUT2D eigenvalue weighted by molar-refractivity contribution is 6.07. The summed E-state index contributed by atoms with van der Waals surface area (Å²) in [5.74, 6) is 1.51. The smallest absolute Gasteiger partial charge is 0.261 e. The number of amides is 1. The molecule has 1 amide bonds. The van der Waals surface area contributed by atoms with E-state index in [0.717, 1.165) is 17.0 Å². The van der Waals surface area contributed by atoms with Crippen LogP contribution in [0.2, 0.25) is 0 Å². The molecule has 2 N–H and O–H groups in total. The molecule has 1 aromatic carbocycles. The van der Waals surface area contributed by atoms with Crippen LogP contribution in [0.5, 0.6) is 5.75 Å². The number of pyridine rings is 1. The van der Waals surface area contributed by atoms with Gasteiger partial charge in [-0.25, -0.2) is 4.99 Å². The lowest BCUT2D eigenvalue weighted by atomic mass is 9.80. The molecule has 1 aromatic heterocycles. The number of benzene rings is 1. The molecule has 1 spiro atoms. The van der Waals surface area contributed by atoms with Crippen LogP contribution in [0.1, 0.15) is 42.0 Å². The van der Waals surface area contributed by atoms with Crippen LogP contribution in [0.3, 0.4) is 0 Å². The first-order chi connectivity index (χ1) is 13.1. The monoisotopic (exact) mass is 362 g/mol. The molecule has 6 heteroatoms. The number of guanidine groups is 1. The summed E-state index contributed by atoms with van der Waals surface area (Å²) in [7, 11) is 1.68. The van der Waals surface area contributed by atoms with E-state index >= 15 is 0 Å². The molecule has 2 aromatic rings. The van der Waals surface area contributed by atoms with Crippen LogP contribution in [-0.4, -0.2) is 34.9 Å². The van der Waals surface area contributed by atoms with E-state index in [1.165, 1.54) is 23.3 Å². The molecule has 0 bridgehead atoms. The molecule has 3 aliphatic rings. The molecule has 0 radical (unpaired) electrons. The SMILES string of the molecule is CN1C(=O)[C@]2(CC(Cc3ccccn3)Oc3ccc(C4CC4)cc32)N=C1N. The zero-order valence-electron chi connectivity index (χ0n) is 15.3. The summed E-state index contributed by atoms with van der Waals surface area (Å²) in [5, 5.41) is 0. The van der Waals surface area contributed by atoms with Crippen LogP contribution in [0.25, 0.3) is 0 Å². The van der Waals surface area contributed by atoms with Crippen LogP contribution >= 0.6 is 0 Å². The van der Waals surface area contributed by atoms with Crippen molar-refractivity contribution >= 4 is 11.9 Å². The zero-order chi connectivity index (χ0) is 18.6. The van der Waals surface area contributed by atoms with Gasteiger partial charge in [0.25, 0.3) is 5.91 Å². The molecule has 1 saturated carbocycles. The van der Waals surface area contributed by atoms with Crippen molar-refractivity contribution in [3.63, 3.8) is 0 Å². The number of carbonyl (C=O) groups excluding carboxylic acids is 1. The average Bonchev–Trinajstić information content (AvgIpc) is 3.49. The molecule has 1 aliphatic carbocycles. The van der Waals surface area contributed by atoms with E-state index in [0.29, 0.717) is 18.8 Å². The summed E-state index contributed by atoms with van der Waals surface area (Å²) in [4.78, 5) is 23.7. The predicted octanol–water partition coefficient (Wildman–Crippen LogP) is 2.33. The summed E-state index contributed by atoms with van der Waals surface area (Å²) in [6.45, 7) is 0. The van der Waals surface area contributed by atoms with Gasteiger partial charge in [-0.1, -0.05) is 12.1 Å². The van der Waals surface area contributed by atoms with Gasteiger partial charge in [-0.15, -0.1) is 0 Å². The summed E-state index contributed by atoms with van der Waals surface area (Å²) >= 11 is 0. The van der Waals surface area contributed by atoms with Gasteiger partial charge in [0.1, 0.15) is 11.9 Å². The third kappa shape index (κ3) is 2.59. The normalized spacial score (nSPS) is 26.7. The van der Waals surface area contributed by atoms with Crippen LogP contribution < -0.4 is 10.5 Å². The molecule has 2 atom stereocenters. The van der Waals surface area contributed by atoms with Gasteiger partial charge < -0.3 is 10.5 Å². The van der Waals surface area contributed by atoms with E-state index < -0.39 is 5.54 Å². The standard InChI is InChI=1S/C21H22N4O2/c1-25-19(26)21(24-20(25)22)12-16(11-15-4-2-3-9-23-15)27-18-8-7-14(10-17(18)21)13-5-6-13/h2-4,7-10,13,16H,5-6,11-12H2,1H3,(H2,22,24)/t16?,21-/m1/s1. The highest BCUT2D eigenvalue weighted by atomic mass is 16.5. The first-order valence-electron chi connectivity index (χ1n) is 9.41. The molecule has 3 heterocycles. The Balaban J connectivity index is 1.58. The number of fused-ring (bicyclic) bond motifs is 2. The number of aliphatic imine (C=N–C) groups is 1. The van der Waals surface area contributed by atoms with Gasteiger partial charge in [0.05, 0.1) is 0 Å². The minimum atomic E-state index is -0.989. The molecular weight excluding hydrogens is 340 g/mol. The van der Waals surface area contributed by atoms with E-state index in [1.807, 2.05) is 24.3 Å². The fourth-order valence-electron chi connectivity index (χ4n) is 4.18. The second kappa shape index (κ2) is 5.81. The maximum atomic E-state index is 13.2. The molecule has 138 valence electrons. The first kappa shape index (κ1) is 16.3. The Bertz CT molecular complexity index is 938. The van der Waals surface area contributed by atoms with Crippen LogP contribution in [0.4, 0.5) is 0 Å². The highest BCUT2D eigenvalue weighted by Gasteiger charge is 2.53. The van der Waals surface area contributed by atoms with Crippen molar-refractivity contribution in [1.29, 1.82) is 0 Å². The lowest BCUT2D eigenvalue weighted by Gasteiger charge is -2.37. The van der Waals surface area contributed by atoms with Crippen molar-refractivity contribution in [2.45, 2.75) is 43.2 Å². The number of hydrogen-bond acceptors (Lipinski definition) is 5. The largest absolute Gasteiger partial charge is 0.490 e. The molecular formula is C21H22N4O2. The van der Waals surface area contributed by atoms with Gasteiger partial charge in [0.2, 0.25) is 0 Å². The van der Waals surface area contributed by atoms with Gasteiger partial charge in [-0.3, -0.25) is 14.7 Å². The molecule has 1 unspecified atom stereocenters. The Kier molecular flexibility index (Phi) is 3.50. The molecule has 5 rings (SSSR count). The van der Waals surface area contributed by atoms with Gasteiger partial charge in [-0.05, 0) is 48.6 Å². The van der Waals surface area contributed by atoms with Crippen molar-refractivity contribution in [3.05, 3.63) is 59.4 Å². The van der Waals surface area contributed by atoms with Crippen molar-refractivity contribution in [2.24, 2.45) is 10.7 Å². The van der Waals surface area contributed by atoms with E-state index in [4.69, 9.17) is 10.5 Å². The summed E-state index contributed by atoms with van der Waals surface area (Å²) in [5.41, 5.74) is 8.10. The lowest BCUT2D eigenvalue weighted by molar-refractivity contribution is -0.132. The van der Waals surface area contributed by atoms with Gasteiger partial charge in [0, 0.05) is 37.3 Å². The van der Waals surface area contributed by atoms with E-state index in [1.54, 1.807) is 13.2 Å². The topological polar surface area (TPSA) is 80.8 Å². The summed E-state index contributed by atoms with van der Waals surface area (Å²) < 4.78 is 6.28. The maximum absolute atomic E-state index is 13.2. The number of carbonyl (C=O) groups is 1. The van der Waals surface area contributed by atoms with Crippen molar-refractivity contribution in [3.8, 4) is 5.75 Å². The molecule has 0 saturated heterocycles. The lowest BCUT2D eigenvalue weighted by Crippen LogP contribution is -2.46. The second-order valence-electron chi connectivity index (χ2n) is 7.69. The Morgan fingerprint density at radius 2 is 2.15 bits per heavy atom. The van der Waals surface area contributed by atoms with Crippen molar-refractivity contribution in [2.75, 3.05) is 7.05 Å². The fourth-order valence-corrected chi connectivity index (χ4v) is 4.18. The van der Waals surface area contributed by atoms with Crippen molar-refractivity contribution < 1.29 is 9.53 Å². The number of rotatable bonds is 3. The van der Waals surface area contributed by atoms with Crippen LogP contribution in [0.15, 0.2) is 47.6 Å². The number of ether oxygens (including phenoxy) is 1. The molecule has 6 nitrogen and oxygen atoms in total. The third-order valence-corrected chi connectivity index (χ3v) is 5.79. The Labute approximate surface area is 158 Å². The predicted molar refractivity (Wildman–Crippen MR) is 101 cm³/mol. The maximum Gasteiger partial charge on any atom is 0.261 e. The van der Waals surface area contributed by atoms with E-state index in [9.17, 15) is 4.79 Å². The number of likely N-dealkylation sites (N-methyl/N-ethyl adjacent to an activating group) is 1. The quantitative estimate of drug-likeness (QED) is 0.909. The van der Waals surface area contributed by atoms with E-state index in [2.05, 4.69) is 22.1 Å². The Morgan fingerprint density at radius 1 is 1.30 bits per heavy atom. The van der Waals surface area contributed by atoms with Gasteiger partial charge in [0.15, 0.2) is 11.5 Å². The number of hydrogen-bond donors (Lipinski definition) is 1. The second-order valence-corrected chi connectivity index (χ2v) is 7.69. The summed E-state index contributed by atoms with van der Waals surface area (Å²) in [6, 6.07) is 12.0. The highest BCUT2D eigenvalue weighted by Crippen LogP contribution is 2.49. The van der Waals surface area contributed by atoms with Crippen LogP contribution in [-0.2, 0) is 16.8 Å². The Hall–Kier alpha value is -2.89. The Morgan fingerprint density at radius 3 is 2.81 bits per heavy atom. The van der Waals surface area contributed by atoms with Gasteiger partial charge in [-0.2, -0.15) is 0 Å². The fraction of sp³-hybridized carbons (Fsp3) is 0.381. The minimum Gasteiger partial charge on any atom is -0.490 e. The average molecular weight is 362 g/mol. The van der Waals surface area contributed by atoms with E-state index in [-0.39, 0.29) is 18.0 Å². The summed E-state index contributed by atoms with van der Waals surface area (Å²) in [6.07, 6.45) is 5.08. The first-order valence-corrected chi connectivity index (χ1v) is 9.41. The molecule has 27 heavy (non-hydrogen) atoms.